The lowest BCUT2D eigenvalue weighted by Crippen LogP contribution is -2.58. The molecule has 0 aromatic heterocycles. The van der Waals surface area contributed by atoms with Crippen LogP contribution in [0.25, 0.3) is 0 Å². The maximum Gasteiger partial charge on any atom is 0.408 e. The number of nitrogens with zero attached hydrogens (tertiary/aromatic N) is 1. The van der Waals surface area contributed by atoms with Crippen LogP contribution < -0.4 is 10.6 Å². The lowest BCUT2D eigenvalue weighted by atomic mass is 9.93. The number of hydrogen-bond acceptors (Lipinski definition) is 6. The number of carboxylic acid groups (broad SMARTS) is 1. The molecule has 3 aromatic rings. The largest absolute Gasteiger partial charge is 0.465 e. The molecule has 0 fully saturated rings. The number of nitrogens with one attached hydrogen (secondary N) is 2. The van der Waals surface area contributed by atoms with E-state index in [9.17, 15) is 30.0 Å². The van der Waals surface area contributed by atoms with Gasteiger partial charge in [-0.1, -0.05) is 91.0 Å². The molecule has 9 nitrogen and oxygen atoms in total. The Labute approximate surface area is 254 Å². The zero-order chi connectivity index (χ0) is 31.6. The molecule has 2 amide bonds. The zero-order valence-electron chi connectivity index (χ0n) is 25.4. The van der Waals surface area contributed by atoms with Crippen molar-refractivity contribution in [3.8, 4) is 0 Å². The van der Waals surface area contributed by atoms with Crippen LogP contribution in [0.5, 0.6) is 0 Å². The molecule has 5 atom stereocenters. The highest BCUT2D eigenvalue weighted by molar-refractivity contribution is 5.86. The molecular weight excluding hydrogens is 546 g/mol. The summed E-state index contributed by atoms with van der Waals surface area (Å²) in [6, 6.07) is 25.8. The van der Waals surface area contributed by atoms with Crippen molar-refractivity contribution in [2.75, 3.05) is 13.1 Å². The molecule has 0 radical (unpaired) electrons. The second-order valence-electron chi connectivity index (χ2n) is 12.1. The van der Waals surface area contributed by atoms with Crippen molar-refractivity contribution < 1.29 is 30.0 Å². The molecule has 43 heavy (non-hydrogen) atoms. The van der Waals surface area contributed by atoms with E-state index in [1.54, 1.807) is 51.1 Å². The summed E-state index contributed by atoms with van der Waals surface area (Å²) in [7, 11) is 0. The molecule has 9 heteroatoms. The molecule has 6 N–H and O–H groups in total. The molecule has 3 aromatic carbocycles. The number of carbonyl (C=O) groups is 2. The van der Waals surface area contributed by atoms with Gasteiger partial charge in [0.1, 0.15) is 0 Å². The van der Waals surface area contributed by atoms with Gasteiger partial charge in [-0.2, -0.15) is 0 Å². The van der Waals surface area contributed by atoms with E-state index in [1.807, 2.05) is 60.7 Å². The Hall–Kier alpha value is -3.76. The predicted octanol–water partition coefficient (Wildman–Crippen LogP) is 3.32. The fraction of sp³-hybridized carbons (Fsp3) is 0.412. The standard InChI is InChI=1S/C34H45N3O6/c1-33(2,3)37(32(41)42)28(21-25-16-10-6-11-17-25)30(39)23-35-22-29(38)27(20-24-14-8-5-9-15-24)36-31(40)34(4,43)26-18-12-7-13-19-26/h5-19,27-30,35,38-39,43H,20-23H2,1-4H3,(H,36,40)(H,41,42)/t27-,28-,29+,30+,34+/m0/s1. The smallest absolute Gasteiger partial charge is 0.408 e. The molecule has 232 valence electrons. The molecular formula is C34H45N3O6. The minimum Gasteiger partial charge on any atom is -0.465 e. The van der Waals surface area contributed by atoms with Gasteiger partial charge in [0.2, 0.25) is 0 Å². The third-order valence-corrected chi connectivity index (χ3v) is 7.56. The molecule has 0 heterocycles. The number of carbonyl (C=O) groups excluding carboxylic acids is 1. The van der Waals surface area contributed by atoms with Crippen LogP contribution in [0.1, 0.15) is 44.4 Å². The van der Waals surface area contributed by atoms with Gasteiger partial charge < -0.3 is 31.1 Å². The van der Waals surface area contributed by atoms with Crippen LogP contribution in [0.15, 0.2) is 91.0 Å². The molecule has 0 saturated heterocycles. The Kier molecular flexibility index (Phi) is 11.9. The normalized spacial score (nSPS) is 15.9. The highest BCUT2D eigenvalue weighted by Crippen LogP contribution is 2.23. The van der Waals surface area contributed by atoms with Crippen LogP contribution in [0, 0.1) is 0 Å². The second kappa shape index (κ2) is 15.1. The van der Waals surface area contributed by atoms with E-state index in [4.69, 9.17) is 0 Å². The number of benzene rings is 3. The Bertz CT molecular complexity index is 1280. The van der Waals surface area contributed by atoms with Crippen molar-refractivity contribution in [1.82, 2.24) is 15.5 Å². The zero-order valence-corrected chi connectivity index (χ0v) is 25.4. The Morgan fingerprint density at radius 2 is 1.21 bits per heavy atom. The van der Waals surface area contributed by atoms with Crippen molar-refractivity contribution >= 4 is 12.0 Å². The first kappa shape index (κ1) is 33.7. The quantitative estimate of drug-likeness (QED) is 0.169. The summed E-state index contributed by atoms with van der Waals surface area (Å²) in [6.07, 6.45) is -2.71. The van der Waals surface area contributed by atoms with E-state index in [-0.39, 0.29) is 13.1 Å². The third kappa shape index (κ3) is 9.62. The lowest BCUT2D eigenvalue weighted by Gasteiger charge is -2.42. The lowest BCUT2D eigenvalue weighted by molar-refractivity contribution is -0.140. The van der Waals surface area contributed by atoms with Gasteiger partial charge in [0.05, 0.1) is 24.3 Å². The SMILES string of the molecule is CC(C)(C)N(C(=O)O)[C@@H](Cc1ccccc1)[C@H](O)CNC[C@@H](O)[C@H](Cc1ccccc1)NC(=O)[C@](C)(O)c1ccccc1. The van der Waals surface area contributed by atoms with Crippen LogP contribution in [-0.2, 0) is 23.2 Å². The summed E-state index contributed by atoms with van der Waals surface area (Å²) < 4.78 is 0. The average molecular weight is 592 g/mol. The van der Waals surface area contributed by atoms with Crippen LogP contribution in [0.3, 0.4) is 0 Å². The van der Waals surface area contributed by atoms with Crippen LogP contribution >= 0.6 is 0 Å². The first-order valence-corrected chi connectivity index (χ1v) is 14.6. The number of aliphatic hydroxyl groups is 3. The van der Waals surface area contributed by atoms with Crippen molar-refractivity contribution in [1.29, 1.82) is 0 Å². The predicted molar refractivity (Wildman–Crippen MR) is 167 cm³/mol. The van der Waals surface area contributed by atoms with Gasteiger partial charge in [0.25, 0.3) is 5.91 Å². The highest BCUT2D eigenvalue weighted by Gasteiger charge is 2.38. The Balaban J connectivity index is 1.74. The summed E-state index contributed by atoms with van der Waals surface area (Å²) in [5, 5.41) is 49.5. The summed E-state index contributed by atoms with van der Waals surface area (Å²) in [6.45, 7) is 6.76. The summed E-state index contributed by atoms with van der Waals surface area (Å²) in [5.74, 6) is -0.649. The average Bonchev–Trinajstić information content (AvgIpc) is 2.97. The topological polar surface area (TPSA) is 142 Å². The molecule has 0 aliphatic carbocycles. The Morgan fingerprint density at radius 1 is 0.744 bits per heavy atom. The first-order valence-electron chi connectivity index (χ1n) is 14.6. The van der Waals surface area contributed by atoms with Gasteiger partial charge in [0, 0.05) is 18.6 Å². The van der Waals surface area contributed by atoms with Gasteiger partial charge in [-0.15, -0.1) is 0 Å². The monoisotopic (exact) mass is 591 g/mol. The van der Waals surface area contributed by atoms with Gasteiger partial charge in [0.15, 0.2) is 5.60 Å². The maximum absolute atomic E-state index is 13.3. The molecule has 0 spiro atoms. The van der Waals surface area contributed by atoms with E-state index in [0.29, 0.717) is 18.4 Å². The number of amides is 2. The minimum atomic E-state index is -1.82. The van der Waals surface area contributed by atoms with Crippen molar-refractivity contribution in [3.05, 3.63) is 108 Å². The second-order valence-corrected chi connectivity index (χ2v) is 12.1. The van der Waals surface area contributed by atoms with E-state index in [1.165, 1.54) is 11.8 Å². The maximum atomic E-state index is 13.3. The summed E-state index contributed by atoms with van der Waals surface area (Å²) in [4.78, 5) is 26.8. The number of aliphatic hydroxyl groups excluding tert-OH is 2. The van der Waals surface area contributed by atoms with Crippen molar-refractivity contribution in [2.24, 2.45) is 0 Å². The van der Waals surface area contributed by atoms with Crippen molar-refractivity contribution in [3.63, 3.8) is 0 Å². The summed E-state index contributed by atoms with van der Waals surface area (Å²) in [5.41, 5.74) is -0.396. The third-order valence-electron chi connectivity index (χ3n) is 7.56. The van der Waals surface area contributed by atoms with Gasteiger partial charge in [-0.25, -0.2) is 4.79 Å². The fourth-order valence-electron chi connectivity index (χ4n) is 5.19. The van der Waals surface area contributed by atoms with Crippen LogP contribution in [-0.4, -0.2) is 80.2 Å². The van der Waals surface area contributed by atoms with Crippen molar-refractivity contribution in [2.45, 2.75) is 76.0 Å². The molecule has 0 saturated carbocycles. The molecule has 0 aliphatic heterocycles. The highest BCUT2D eigenvalue weighted by atomic mass is 16.4. The fourth-order valence-corrected chi connectivity index (χ4v) is 5.19. The van der Waals surface area contributed by atoms with E-state index >= 15 is 0 Å². The molecule has 3 rings (SSSR count). The number of rotatable bonds is 14. The van der Waals surface area contributed by atoms with Gasteiger partial charge in [-0.05, 0) is 57.2 Å². The van der Waals surface area contributed by atoms with Crippen LogP contribution in [0.2, 0.25) is 0 Å². The Morgan fingerprint density at radius 3 is 1.70 bits per heavy atom. The van der Waals surface area contributed by atoms with Gasteiger partial charge >= 0.3 is 6.09 Å². The molecule has 0 unspecified atom stereocenters. The van der Waals surface area contributed by atoms with E-state index in [0.717, 1.165) is 11.1 Å². The van der Waals surface area contributed by atoms with E-state index in [2.05, 4.69) is 10.6 Å². The van der Waals surface area contributed by atoms with E-state index < -0.39 is 47.4 Å². The molecule has 0 aliphatic rings. The summed E-state index contributed by atoms with van der Waals surface area (Å²) >= 11 is 0. The van der Waals surface area contributed by atoms with Gasteiger partial charge in [-0.3, -0.25) is 9.69 Å². The molecule has 0 bridgehead atoms. The first-order chi connectivity index (χ1) is 20.3. The minimum absolute atomic E-state index is 0.00214. The number of hydrogen-bond donors (Lipinski definition) is 6. The van der Waals surface area contributed by atoms with Crippen LogP contribution in [0.4, 0.5) is 4.79 Å².